The zero-order valence-corrected chi connectivity index (χ0v) is 22.1. The molecule has 6 rings (SSSR count). The van der Waals surface area contributed by atoms with Gasteiger partial charge in [0, 0.05) is 11.3 Å². The fourth-order valence-electron chi connectivity index (χ4n) is 5.09. The summed E-state index contributed by atoms with van der Waals surface area (Å²) in [5.74, 6) is 0.234. The number of aromatic nitrogens is 1. The van der Waals surface area contributed by atoms with Crippen molar-refractivity contribution in [2.24, 2.45) is 0 Å². The molecule has 8 heteroatoms. The third-order valence-electron chi connectivity index (χ3n) is 6.95. The van der Waals surface area contributed by atoms with Crippen molar-refractivity contribution in [3.05, 3.63) is 114 Å². The van der Waals surface area contributed by atoms with E-state index < -0.39 is 12.0 Å². The first-order valence-corrected chi connectivity index (χ1v) is 13.3. The maximum atomic E-state index is 14.2. The van der Waals surface area contributed by atoms with Crippen molar-refractivity contribution in [2.75, 3.05) is 24.4 Å². The van der Waals surface area contributed by atoms with Gasteiger partial charge < -0.3 is 14.8 Å². The summed E-state index contributed by atoms with van der Waals surface area (Å²) < 4.78 is 11.7. The normalized spacial score (nSPS) is 16.6. The molecule has 0 unspecified atom stereocenters. The Kier molecular flexibility index (Phi) is 6.46. The van der Waals surface area contributed by atoms with E-state index in [4.69, 9.17) is 9.47 Å². The maximum Gasteiger partial charge on any atom is 0.259 e. The summed E-state index contributed by atoms with van der Waals surface area (Å²) >= 11 is 1.42. The van der Waals surface area contributed by atoms with Gasteiger partial charge in [0.2, 0.25) is 5.91 Å². The molecule has 1 aliphatic heterocycles. The lowest BCUT2D eigenvalue weighted by atomic mass is 9.79. The Bertz CT molecular complexity index is 1630. The van der Waals surface area contributed by atoms with Gasteiger partial charge in [0.1, 0.15) is 11.5 Å². The molecular formula is C31H25N3O4S. The Balaban J connectivity index is 1.50. The first kappa shape index (κ1) is 24.6. The number of hydrogen-bond acceptors (Lipinski definition) is 6. The highest BCUT2D eigenvalue weighted by Crippen LogP contribution is 2.46. The van der Waals surface area contributed by atoms with Crippen molar-refractivity contribution in [3.8, 4) is 11.5 Å². The summed E-state index contributed by atoms with van der Waals surface area (Å²) in [4.78, 5) is 34.5. The van der Waals surface area contributed by atoms with Gasteiger partial charge in [0.05, 0.1) is 36.4 Å². The molecule has 0 aliphatic carbocycles. The molecule has 2 heterocycles. The molecule has 0 bridgehead atoms. The molecule has 1 N–H and O–H groups in total. The summed E-state index contributed by atoms with van der Waals surface area (Å²) in [6, 6.07) is 29.2. The second kappa shape index (κ2) is 10.2. The van der Waals surface area contributed by atoms with Crippen LogP contribution in [0.3, 0.4) is 0 Å². The molecule has 4 aromatic carbocycles. The van der Waals surface area contributed by atoms with Crippen molar-refractivity contribution < 1.29 is 19.1 Å². The Labute approximate surface area is 229 Å². The van der Waals surface area contributed by atoms with E-state index in [0.29, 0.717) is 33.4 Å². The maximum absolute atomic E-state index is 14.2. The van der Waals surface area contributed by atoms with E-state index in [1.807, 2.05) is 91.0 Å². The number of benzene rings is 4. The number of fused-ring (bicyclic) bond motifs is 2. The molecule has 194 valence electrons. The average Bonchev–Trinajstić information content (AvgIpc) is 3.39. The van der Waals surface area contributed by atoms with E-state index >= 15 is 0 Å². The highest BCUT2D eigenvalue weighted by molar-refractivity contribution is 7.22. The number of amides is 2. The fourth-order valence-corrected chi connectivity index (χ4v) is 5.96. The zero-order chi connectivity index (χ0) is 26.9. The van der Waals surface area contributed by atoms with E-state index in [-0.39, 0.29) is 11.8 Å². The van der Waals surface area contributed by atoms with Crippen LogP contribution < -0.4 is 19.7 Å². The van der Waals surface area contributed by atoms with E-state index in [2.05, 4.69) is 10.3 Å². The topological polar surface area (TPSA) is 80.8 Å². The van der Waals surface area contributed by atoms with Gasteiger partial charge in [-0.2, -0.15) is 0 Å². The van der Waals surface area contributed by atoms with Gasteiger partial charge in [-0.25, -0.2) is 4.98 Å². The van der Waals surface area contributed by atoms with Crippen molar-refractivity contribution in [2.45, 2.75) is 12.0 Å². The lowest BCUT2D eigenvalue weighted by Gasteiger charge is -2.41. The second-order valence-electron chi connectivity index (χ2n) is 9.13. The number of nitrogens with one attached hydrogen (secondary N) is 1. The molecule has 39 heavy (non-hydrogen) atoms. The number of methoxy groups -OCH3 is 2. The van der Waals surface area contributed by atoms with E-state index in [9.17, 15) is 9.59 Å². The van der Waals surface area contributed by atoms with Gasteiger partial charge >= 0.3 is 0 Å². The van der Waals surface area contributed by atoms with Crippen LogP contribution in [0.25, 0.3) is 10.2 Å². The number of carbonyl (C=O) groups excluding carboxylic acids is 2. The summed E-state index contributed by atoms with van der Waals surface area (Å²) in [5, 5.41) is 3.57. The molecule has 1 aliphatic rings. The first-order chi connectivity index (χ1) is 19.1. The van der Waals surface area contributed by atoms with Crippen LogP contribution in [0.1, 0.15) is 33.4 Å². The van der Waals surface area contributed by atoms with Crippen molar-refractivity contribution in [3.63, 3.8) is 0 Å². The van der Waals surface area contributed by atoms with E-state index in [0.717, 1.165) is 15.8 Å². The number of nitrogens with zero attached hydrogens (tertiary/aromatic N) is 2. The van der Waals surface area contributed by atoms with E-state index in [1.54, 1.807) is 25.2 Å². The Morgan fingerprint density at radius 3 is 2.18 bits per heavy atom. The Hall–Kier alpha value is -4.69. The Morgan fingerprint density at radius 1 is 0.846 bits per heavy atom. The molecule has 2 amide bonds. The van der Waals surface area contributed by atoms with Crippen LogP contribution in [-0.4, -0.2) is 31.0 Å². The van der Waals surface area contributed by atoms with Crippen LogP contribution in [0.4, 0.5) is 10.8 Å². The lowest BCUT2D eigenvalue weighted by Crippen LogP contribution is -2.46. The van der Waals surface area contributed by atoms with Crippen molar-refractivity contribution in [1.29, 1.82) is 0 Å². The van der Waals surface area contributed by atoms with Crippen LogP contribution >= 0.6 is 11.3 Å². The minimum absolute atomic E-state index is 0.180. The predicted octanol–water partition coefficient (Wildman–Crippen LogP) is 6.44. The number of rotatable bonds is 6. The SMILES string of the molecule is COc1ccc([C@H]2[C@H](C(=O)Nc3nc4ccccc4s3)c3ccccc3C(=O)N2c2ccc(OC)cc2)cc1. The average molecular weight is 536 g/mol. The number of thiazole rings is 1. The summed E-state index contributed by atoms with van der Waals surface area (Å²) in [5.41, 5.74) is 3.45. The molecule has 0 spiro atoms. The number of carbonyl (C=O) groups is 2. The largest absolute Gasteiger partial charge is 0.497 e. The van der Waals surface area contributed by atoms with Gasteiger partial charge in [0.25, 0.3) is 5.91 Å². The van der Waals surface area contributed by atoms with Gasteiger partial charge in [-0.15, -0.1) is 0 Å². The minimum Gasteiger partial charge on any atom is -0.497 e. The summed E-state index contributed by atoms with van der Waals surface area (Å²) in [6.07, 6.45) is 0. The monoisotopic (exact) mass is 535 g/mol. The molecular weight excluding hydrogens is 510 g/mol. The molecule has 0 saturated carbocycles. The molecule has 2 atom stereocenters. The number of hydrogen-bond donors (Lipinski definition) is 1. The van der Waals surface area contributed by atoms with Crippen LogP contribution in [-0.2, 0) is 4.79 Å². The second-order valence-corrected chi connectivity index (χ2v) is 10.2. The van der Waals surface area contributed by atoms with Crippen molar-refractivity contribution in [1.82, 2.24) is 4.98 Å². The van der Waals surface area contributed by atoms with Crippen LogP contribution in [0, 0.1) is 0 Å². The van der Waals surface area contributed by atoms with Gasteiger partial charge in [0.15, 0.2) is 5.13 Å². The standard InChI is InChI=1S/C31H25N3O4S/c1-37-21-15-11-19(12-16-21)28-27(29(35)33-31-32-25-9-5-6-10-26(25)39-31)23-7-3-4-8-24(23)30(36)34(28)20-13-17-22(38-2)18-14-20/h3-18,27-28H,1-2H3,(H,32,33,35)/t27-,28+/m1/s1. The highest BCUT2D eigenvalue weighted by Gasteiger charge is 2.45. The molecule has 5 aromatic rings. The number of ether oxygens (including phenoxy) is 2. The molecule has 0 radical (unpaired) electrons. The number of para-hydroxylation sites is 1. The van der Waals surface area contributed by atoms with Crippen LogP contribution in [0.15, 0.2) is 97.1 Å². The van der Waals surface area contributed by atoms with E-state index in [1.165, 1.54) is 11.3 Å². The summed E-state index contributed by atoms with van der Waals surface area (Å²) in [6.45, 7) is 0. The molecule has 0 saturated heterocycles. The Morgan fingerprint density at radius 2 is 1.49 bits per heavy atom. The molecule has 0 fully saturated rings. The molecule has 1 aromatic heterocycles. The smallest absolute Gasteiger partial charge is 0.259 e. The van der Waals surface area contributed by atoms with Gasteiger partial charge in [-0.3, -0.25) is 14.5 Å². The zero-order valence-electron chi connectivity index (χ0n) is 21.3. The van der Waals surface area contributed by atoms with Crippen LogP contribution in [0.5, 0.6) is 11.5 Å². The number of anilines is 2. The highest BCUT2D eigenvalue weighted by atomic mass is 32.1. The first-order valence-electron chi connectivity index (χ1n) is 12.4. The third-order valence-corrected chi connectivity index (χ3v) is 7.91. The predicted molar refractivity (Wildman–Crippen MR) is 153 cm³/mol. The van der Waals surface area contributed by atoms with Gasteiger partial charge in [-0.05, 0) is 65.7 Å². The third kappa shape index (κ3) is 4.49. The minimum atomic E-state index is -0.707. The van der Waals surface area contributed by atoms with Gasteiger partial charge in [-0.1, -0.05) is 53.8 Å². The fraction of sp³-hybridized carbons (Fsp3) is 0.129. The summed E-state index contributed by atoms with van der Waals surface area (Å²) in [7, 11) is 3.20. The lowest BCUT2D eigenvalue weighted by molar-refractivity contribution is -0.118. The van der Waals surface area contributed by atoms with Crippen LogP contribution in [0.2, 0.25) is 0 Å². The quantitative estimate of drug-likeness (QED) is 0.271. The van der Waals surface area contributed by atoms with Crippen molar-refractivity contribution >= 4 is 44.2 Å². The molecule has 7 nitrogen and oxygen atoms in total.